The van der Waals surface area contributed by atoms with Gasteiger partial charge < -0.3 is 20.5 Å². The fraction of sp³-hybridized carbons (Fsp3) is 0.462. The number of hydrogen-bond acceptors (Lipinski definition) is 4. The van der Waals surface area contributed by atoms with E-state index in [0.717, 1.165) is 24.3 Å². The number of nitrogens with one attached hydrogen (secondary N) is 1. The summed E-state index contributed by atoms with van der Waals surface area (Å²) >= 11 is 5.04. The standard InChI is InChI=1S/C13H18N2O2S/c1-16-13(6-7-17-9-13)8-15-11-5-3-2-4-10(11)12(14)18/h2-5,15H,6-9H2,1H3,(H2,14,18). The zero-order valence-electron chi connectivity index (χ0n) is 10.4. The van der Waals surface area contributed by atoms with Gasteiger partial charge in [-0.1, -0.05) is 24.4 Å². The lowest BCUT2D eigenvalue weighted by Crippen LogP contribution is -2.39. The summed E-state index contributed by atoms with van der Waals surface area (Å²) in [5.74, 6) is 0. The van der Waals surface area contributed by atoms with Crippen molar-refractivity contribution in [1.29, 1.82) is 0 Å². The summed E-state index contributed by atoms with van der Waals surface area (Å²) in [6.45, 7) is 2.04. The molecule has 1 aliphatic heterocycles. The fourth-order valence-corrected chi connectivity index (χ4v) is 2.25. The average molecular weight is 266 g/mol. The molecular formula is C13H18N2O2S. The van der Waals surface area contributed by atoms with E-state index in [2.05, 4.69) is 5.32 Å². The molecule has 18 heavy (non-hydrogen) atoms. The van der Waals surface area contributed by atoms with Crippen molar-refractivity contribution in [3.8, 4) is 0 Å². The maximum atomic E-state index is 5.70. The highest BCUT2D eigenvalue weighted by molar-refractivity contribution is 7.80. The number of nitrogens with two attached hydrogens (primary N) is 1. The van der Waals surface area contributed by atoms with Gasteiger partial charge in [0.25, 0.3) is 0 Å². The number of rotatable bonds is 5. The highest BCUT2D eigenvalue weighted by atomic mass is 32.1. The lowest BCUT2D eigenvalue weighted by atomic mass is 10.0. The van der Waals surface area contributed by atoms with Crippen molar-refractivity contribution >= 4 is 22.9 Å². The Balaban J connectivity index is 2.08. The summed E-state index contributed by atoms with van der Waals surface area (Å²) in [7, 11) is 1.72. The molecule has 0 aromatic heterocycles. The first-order valence-corrected chi connectivity index (χ1v) is 6.33. The topological polar surface area (TPSA) is 56.5 Å². The van der Waals surface area contributed by atoms with Gasteiger partial charge >= 0.3 is 0 Å². The summed E-state index contributed by atoms with van der Waals surface area (Å²) in [5, 5.41) is 3.36. The van der Waals surface area contributed by atoms with E-state index in [9.17, 15) is 0 Å². The molecule has 1 aliphatic rings. The molecule has 1 aromatic carbocycles. The second-order valence-corrected chi connectivity index (χ2v) is 4.89. The van der Waals surface area contributed by atoms with Crippen molar-refractivity contribution in [3.05, 3.63) is 29.8 Å². The van der Waals surface area contributed by atoms with Crippen LogP contribution in [0.2, 0.25) is 0 Å². The molecule has 1 fully saturated rings. The summed E-state index contributed by atoms with van der Waals surface area (Å²) < 4.78 is 11.0. The number of thiocarbonyl (C=S) groups is 1. The maximum absolute atomic E-state index is 5.70. The van der Waals surface area contributed by atoms with Gasteiger partial charge in [-0.3, -0.25) is 0 Å². The highest BCUT2D eigenvalue weighted by Crippen LogP contribution is 2.24. The van der Waals surface area contributed by atoms with Crippen LogP contribution >= 0.6 is 12.2 Å². The zero-order chi connectivity index (χ0) is 13.0. The number of hydrogen-bond donors (Lipinski definition) is 2. The Morgan fingerprint density at radius 2 is 2.33 bits per heavy atom. The van der Waals surface area contributed by atoms with Gasteiger partial charge in [-0.15, -0.1) is 0 Å². The van der Waals surface area contributed by atoms with Crippen molar-refractivity contribution in [2.24, 2.45) is 5.73 Å². The second kappa shape index (κ2) is 5.65. The molecule has 1 atom stereocenters. The van der Waals surface area contributed by atoms with Crippen LogP contribution in [0.15, 0.2) is 24.3 Å². The van der Waals surface area contributed by atoms with Gasteiger partial charge in [-0.2, -0.15) is 0 Å². The molecule has 0 spiro atoms. The molecule has 0 saturated carbocycles. The minimum atomic E-state index is -0.247. The number of anilines is 1. The SMILES string of the molecule is COC1(CNc2ccccc2C(N)=S)CCOC1. The Hall–Kier alpha value is -1.17. The van der Waals surface area contributed by atoms with Gasteiger partial charge in [-0.25, -0.2) is 0 Å². The van der Waals surface area contributed by atoms with Crippen molar-refractivity contribution in [2.45, 2.75) is 12.0 Å². The van der Waals surface area contributed by atoms with Crippen LogP contribution in [0.5, 0.6) is 0 Å². The third-order valence-corrected chi connectivity index (χ3v) is 3.51. The summed E-state index contributed by atoms with van der Waals surface area (Å²) in [6.07, 6.45) is 0.895. The van der Waals surface area contributed by atoms with E-state index >= 15 is 0 Å². The molecule has 5 heteroatoms. The van der Waals surface area contributed by atoms with Crippen LogP contribution in [0.4, 0.5) is 5.69 Å². The van der Waals surface area contributed by atoms with Gasteiger partial charge in [0.1, 0.15) is 10.6 Å². The van der Waals surface area contributed by atoms with Gasteiger partial charge in [0, 0.05) is 37.9 Å². The van der Waals surface area contributed by atoms with E-state index < -0.39 is 0 Å². The van der Waals surface area contributed by atoms with Crippen LogP contribution in [-0.4, -0.2) is 37.5 Å². The first-order valence-electron chi connectivity index (χ1n) is 5.92. The van der Waals surface area contributed by atoms with Crippen molar-refractivity contribution in [2.75, 3.05) is 32.2 Å². The van der Waals surface area contributed by atoms with Gasteiger partial charge in [0.05, 0.1) is 6.61 Å². The van der Waals surface area contributed by atoms with E-state index in [-0.39, 0.29) is 5.60 Å². The Morgan fingerprint density at radius 3 is 2.94 bits per heavy atom. The first-order chi connectivity index (χ1) is 8.67. The normalized spacial score (nSPS) is 22.9. The van der Waals surface area contributed by atoms with Crippen LogP contribution in [0.25, 0.3) is 0 Å². The van der Waals surface area contributed by atoms with E-state index in [4.69, 9.17) is 27.4 Å². The summed E-state index contributed by atoms with van der Waals surface area (Å²) in [4.78, 5) is 0.396. The molecule has 0 aliphatic carbocycles. The zero-order valence-corrected chi connectivity index (χ0v) is 11.3. The maximum Gasteiger partial charge on any atom is 0.110 e. The number of methoxy groups -OCH3 is 1. The first kappa shape index (κ1) is 13.3. The van der Waals surface area contributed by atoms with E-state index in [1.807, 2.05) is 24.3 Å². The molecule has 1 heterocycles. The predicted molar refractivity (Wildman–Crippen MR) is 76.0 cm³/mol. The molecule has 0 radical (unpaired) electrons. The molecule has 98 valence electrons. The van der Waals surface area contributed by atoms with Gasteiger partial charge in [0.15, 0.2) is 0 Å². The van der Waals surface area contributed by atoms with E-state index in [1.54, 1.807) is 7.11 Å². The quantitative estimate of drug-likeness (QED) is 0.792. The molecule has 1 saturated heterocycles. The third kappa shape index (κ3) is 2.80. The van der Waals surface area contributed by atoms with Crippen LogP contribution in [-0.2, 0) is 9.47 Å². The molecular weight excluding hydrogens is 248 g/mol. The molecule has 3 N–H and O–H groups in total. The lowest BCUT2D eigenvalue weighted by Gasteiger charge is -2.27. The summed E-state index contributed by atoms with van der Waals surface area (Å²) in [6, 6.07) is 7.75. The predicted octanol–water partition coefficient (Wildman–Crippen LogP) is 1.54. The summed E-state index contributed by atoms with van der Waals surface area (Å²) in [5.41, 5.74) is 7.25. The average Bonchev–Trinajstić information content (AvgIpc) is 2.86. The third-order valence-electron chi connectivity index (χ3n) is 3.29. The smallest absolute Gasteiger partial charge is 0.110 e. The minimum Gasteiger partial charge on any atom is -0.389 e. The Morgan fingerprint density at radius 1 is 1.56 bits per heavy atom. The highest BCUT2D eigenvalue weighted by Gasteiger charge is 2.34. The van der Waals surface area contributed by atoms with Gasteiger partial charge in [0.2, 0.25) is 0 Å². The molecule has 0 amide bonds. The van der Waals surface area contributed by atoms with Crippen molar-refractivity contribution < 1.29 is 9.47 Å². The largest absolute Gasteiger partial charge is 0.389 e. The number of benzene rings is 1. The van der Waals surface area contributed by atoms with Crippen LogP contribution in [0.1, 0.15) is 12.0 Å². The van der Waals surface area contributed by atoms with E-state index in [0.29, 0.717) is 18.1 Å². The molecule has 0 bridgehead atoms. The molecule has 1 aromatic rings. The molecule has 4 nitrogen and oxygen atoms in total. The van der Waals surface area contributed by atoms with Crippen LogP contribution in [0, 0.1) is 0 Å². The van der Waals surface area contributed by atoms with Crippen LogP contribution in [0.3, 0.4) is 0 Å². The fourth-order valence-electron chi connectivity index (χ4n) is 2.07. The van der Waals surface area contributed by atoms with Crippen molar-refractivity contribution in [1.82, 2.24) is 0 Å². The Bertz CT molecular complexity index is 431. The number of ether oxygens (including phenoxy) is 2. The number of para-hydroxylation sites is 1. The van der Waals surface area contributed by atoms with Crippen LogP contribution < -0.4 is 11.1 Å². The molecule has 2 rings (SSSR count). The molecule has 1 unspecified atom stereocenters. The monoisotopic (exact) mass is 266 g/mol. The lowest BCUT2D eigenvalue weighted by molar-refractivity contribution is -0.00620. The minimum absolute atomic E-state index is 0.247. The second-order valence-electron chi connectivity index (χ2n) is 4.45. The Labute approximate surface area is 112 Å². The van der Waals surface area contributed by atoms with Crippen molar-refractivity contribution in [3.63, 3.8) is 0 Å². The van der Waals surface area contributed by atoms with Gasteiger partial charge in [-0.05, 0) is 12.1 Å². The Kier molecular flexibility index (Phi) is 4.16. The van der Waals surface area contributed by atoms with E-state index in [1.165, 1.54) is 0 Å².